The molecule has 0 aliphatic carbocycles. The molecule has 2 saturated heterocycles. The van der Waals surface area contributed by atoms with Crippen molar-refractivity contribution in [3.05, 3.63) is 35.4 Å². The van der Waals surface area contributed by atoms with Crippen LogP contribution in [-0.2, 0) is 40.4 Å². The highest BCUT2D eigenvalue weighted by molar-refractivity contribution is 7.91. The second-order valence-corrected chi connectivity index (χ2v) is 10.2. The number of carbonyl (C=O) groups is 1. The van der Waals surface area contributed by atoms with Crippen molar-refractivity contribution < 1.29 is 45.7 Å². The fourth-order valence-electron chi connectivity index (χ4n) is 3.90. The second kappa shape index (κ2) is 14.0. The van der Waals surface area contributed by atoms with Crippen LogP contribution in [0.25, 0.3) is 0 Å². The first kappa shape index (κ1) is 29.2. The van der Waals surface area contributed by atoms with Crippen LogP contribution in [0.3, 0.4) is 0 Å². The summed E-state index contributed by atoms with van der Waals surface area (Å²) < 4.78 is 81.6. The third-order valence-electron chi connectivity index (χ3n) is 5.87. The average molecular weight is 550 g/mol. The Morgan fingerprint density at radius 2 is 1.78 bits per heavy atom. The molecule has 2 fully saturated rings. The molecule has 0 aromatic heterocycles. The molecule has 0 radical (unpaired) electrons. The molecule has 1 amide bonds. The van der Waals surface area contributed by atoms with Gasteiger partial charge >= 0.3 is 10.2 Å². The van der Waals surface area contributed by atoms with Crippen molar-refractivity contribution in [2.24, 2.45) is 0 Å². The largest absolute Gasteiger partial charge is 0.465 e. The number of ether oxygens (including phenoxy) is 5. The number of anilines is 1. The van der Waals surface area contributed by atoms with Gasteiger partial charge in [-0.1, -0.05) is 0 Å². The number of hydrogen-bond donors (Lipinski definition) is 0. The van der Waals surface area contributed by atoms with Crippen LogP contribution in [-0.4, -0.2) is 104 Å². The molecule has 2 aliphatic heterocycles. The van der Waals surface area contributed by atoms with Crippen LogP contribution in [0.1, 0.15) is 12.0 Å². The van der Waals surface area contributed by atoms with Gasteiger partial charge in [-0.3, -0.25) is 9.69 Å². The summed E-state index contributed by atoms with van der Waals surface area (Å²) in [5.74, 6) is -1.72. The van der Waals surface area contributed by atoms with Crippen LogP contribution >= 0.6 is 0 Å². The maximum absolute atomic E-state index is 15.5. The van der Waals surface area contributed by atoms with E-state index in [1.807, 2.05) is 4.90 Å². The van der Waals surface area contributed by atoms with E-state index < -0.39 is 40.9 Å². The molecule has 0 spiro atoms. The lowest BCUT2D eigenvalue weighted by Crippen LogP contribution is -2.36. The van der Waals surface area contributed by atoms with Gasteiger partial charge in [0.15, 0.2) is 12.6 Å². The van der Waals surface area contributed by atoms with Crippen LogP contribution < -0.4 is 9.04 Å². The lowest BCUT2D eigenvalue weighted by Gasteiger charge is -2.23. The van der Waals surface area contributed by atoms with Crippen molar-refractivity contribution in [1.29, 1.82) is 0 Å². The topological polar surface area (TPSA) is 107 Å². The molecule has 11 nitrogen and oxygen atoms in total. The van der Waals surface area contributed by atoms with E-state index in [2.05, 4.69) is 0 Å². The minimum absolute atomic E-state index is 0.0751. The number of halogens is 2. The van der Waals surface area contributed by atoms with Gasteiger partial charge < -0.3 is 23.7 Å². The van der Waals surface area contributed by atoms with Crippen LogP contribution in [0.4, 0.5) is 14.5 Å². The summed E-state index contributed by atoms with van der Waals surface area (Å²) in [6.07, 6.45) is 1.68. The number of carbonyl (C=O) groups excluding carboxylic acids is 1. The Labute approximate surface area is 215 Å². The van der Waals surface area contributed by atoms with E-state index in [0.717, 1.165) is 0 Å². The van der Waals surface area contributed by atoms with Gasteiger partial charge in [-0.25, -0.2) is 13.1 Å². The van der Waals surface area contributed by atoms with Gasteiger partial charge in [0.25, 0.3) is 5.91 Å². The van der Waals surface area contributed by atoms with Crippen LogP contribution in [0.5, 0.6) is 5.75 Å². The highest BCUT2D eigenvalue weighted by atomic mass is 32.2. The van der Waals surface area contributed by atoms with Crippen LogP contribution in [0.15, 0.2) is 24.0 Å². The zero-order valence-corrected chi connectivity index (χ0v) is 21.8. The fraction of sp³-hybridized carbons (Fsp3) is 0.609. The van der Waals surface area contributed by atoms with Gasteiger partial charge in [0.05, 0.1) is 32.8 Å². The number of nitrogens with zero attached hydrogens (tertiary/aromatic N) is 3. The van der Waals surface area contributed by atoms with E-state index >= 15 is 4.39 Å². The quantitative estimate of drug-likeness (QED) is 0.237. The number of rotatable bonds is 15. The Hall–Kier alpha value is -2.36. The number of amides is 1. The molecule has 14 heteroatoms. The summed E-state index contributed by atoms with van der Waals surface area (Å²) in [6, 6.07) is 2.74. The van der Waals surface area contributed by atoms with E-state index in [1.165, 1.54) is 26.4 Å². The zero-order valence-electron chi connectivity index (χ0n) is 21.0. The Morgan fingerprint density at radius 3 is 2.46 bits per heavy atom. The average Bonchev–Trinajstić information content (AvgIpc) is 3.42. The summed E-state index contributed by atoms with van der Waals surface area (Å²) in [4.78, 5) is 14.6. The molecule has 0 unspecified atom stereocenters. The van der Waals surface area contributed by atoms with Crippen molar-refractivity contribution in [3.8, 4) is 5.75 Å². The van der Waals surface area contributed by atoms with Crippen molar-refractivity contribution in [2.45, 2.75) is 12.8 Å². The maximum Gasteiger partial charge on any atom is 0.331 e. The van der Waals surface area contributed by atoms with Crippen molar-refractivity contribution in [1.82, 2.24) is 9.21 Å². The van der Waals surface area contributed by atoms with E-state index in [0.29, 0.717) is 65.2 Å². The molecular formula is C23H33F2N3O8S. The monoisotopic (exact) mass is 549 g/mol. The number of methoxy groups -OCH3 is 2. The summed E-state index contributed by atoms with van der Waals surface area (Å²) in [6.45, 7) is 1.13. The minimum atomic E-state index is -4.43. The summed E-state index contributed by atoms with van der Waals surface area (Å²) >= 11 is 0. The Balaban J connectivity index is 1.81. The van der Waals surface area contributed by atoms with Gasteiger partial charge in [-0.05, 0) is 36.1 Å². The molecule has 1 aromatic rings. The molecule has 37 heavy (non-hydrogen) atoms. The van der Waals surface area contributed by atoms with E-state index in [4.69, 9.17) is 23.7 Å². The standard InChI is InChI=1S/C23H33F2N3O8S/c1-32-7-9-34-16-28-22(29)15-27(37(28,30)31)23-20(25)11-18(3-5-26-6-4-19(13-24)14-26)12-21(23)36-17-35-10-8-33-2/h11-13H,3-10,14-17H2,1-2H3. The molecule has 1 aromatic carbocycles. The SMILES string of the molecule is COCCOCOc1cc(CCN2CCC(=CF)C2)cc(F)c1N1CC(=O)N(COCCOC)S1(=O)=O. The minimum Gasteiger partial charge on any atom is -0.465 e. The normalized spacial score (nSPS) is 18.9. The van der Waals surface area contributed by atoms with Gasteiger partial charge in [0.2, 0.25) is 0 Å². The van der Waals surface area contributed by atoms with E-state index in [1.54, 1.807) is 0 Å². The summed E-state index contributed by atoms with van der Waals surface area (Å²) in [7, 11) is -1.46. The molecule has 2 heterocycles. The molecule has 0 N–H and O–H groups in total. The Morgan fingerprint density at radius 1 is 1.05 bits per heavy atom. The van der Waals surface area contributed by atoms with Gasteiger partial charge in [-0.15, -0.1) is 0 Å². The molecule has 208 valence electrons. The van der Waals surface area contributed by atoms with Gasteiger partial charge in [-0.2, -0.15) is 12.7 Å². The highest BCUT2D eigenvalue weighted by Crippen LogP contribution is 2.38. The predicted octanol–water partition coefficient (Wildman–Crippen LogP) is 1.44. The van der Waals surface area contributed by atoms with Crippen molar-refractivity contribution >= 4 is 21.8 Å². The molecule has 3 rings (SSSR count). The number of hydrogen-bond acceptors (Lipinski definition) is 9. The first-order chi connectivity index (χ1) is 17.8. The molecule has 0 saturated carbocycles. The third kappa shape index (κ3) is 7.58. The summed E-state index contributed by atoms with van der Waals surface area (Å²) in [5.41, 5.74) is 0.863. The first-order valence-corrected chi connectivity index (χ1v) is 13.1. The zero-order chi connectivity index (χ0) is 26.8. The molecule has 0 atom stereocenters. The molecule has 0 bridgehead atoms. The van der Waals surface area contributed by atoms with Gasteiger partial charge in [0.1, 0.15) is 24.7 Å². The lowest BCUT2D eigenvalue weighted by molar-refractivity contribution is -0.127. The fourth-order valence-corrected chi connectivity index (χ4v) is 5.34. The predicted molar refractivity (Wildman–Crippen MR) is 129 cm³/mol. The van der Waals surface area contributed by atoms with Gasteiger partial charge in [0, 0.05) is 33.9 Å². The Kier molecular flexibility index (Phi) is 11.0. The molecular weight excluding hydrogens is 516 g/mol. The van der Waals surface area contributed by atoms with Crippen molar-refractivity contribution in [2.75, 3.05) is 84.7 Å². The van der Waals surface area contributed by atoms with Crippen LogP contribution in [0, 0.1) is 5.82 Å². The number of benzene rings is 1. The van der Waals surface area contributed by atoms with Crippen molar-refractivity contribution in [3.63, 3.8) is 0 Å². The Bertz CT molecular complexity index is 1060. The third-order valence-corrected chi connectivity index (χ3v) is 7.60. The van der Waals surface area contributed by atoms with Crippen LogP contribution in [0.2, 0.25) is 0 Å². The smallest absolute Gasteiger partial charge is 0.331 e. The van der Waals surface area contributed by atoms with E-state index in [9.17, 15) is 17.6 Å². The maximum atomic E-state index is 15.5. The molecule has 2 aliphatic rings. The lowest BCUT2D eigenvalue weighted by atomic mass is 10.1. The number of likely N-dealkylation sites (tertiary alicyclic amines) is 1. The first-order valence-electron chi connectivity index (χ1n) is 11.7. The second-order valence-electron chi connectivity index (χ2n) is 8.42. The highest BCUT2D eigenvalue weighted by Gasteiger charge is 2.45. The van der Waals surface area contributed by atoms with E-state index in [-0.39, 0.29) is 32.4 Å². The summed E-state index contributed by atoms with van der Waals surface area (Å²) in [5, 5.41) is 0.